The van der Waals surface area contributed by atoms with Gasteiger partial charge in [-0.2, -0.15) is 26.3 Å². The highest BCUT2D eigenvalue weighted by molar-refractivity contribution is 9.09. The van der Waals surface area contributed by atoms with Crippen molar-refractivity contribution < 1.29 is 35.8 Å². The zero-order chi connectivity index (χ0) is 14.7. The molecule has 1 rings (SSSR count). The van der Waals surface area contributed by atoms with Crippen LogP contribution in [0, 0.1) is 5.41 Å². The van der Waals surface area contributed by atoms with Crippen LogP contribution in [0.2, 0.25) is 0 Å². The van der Waals surface area contributed by atoms with Gasteiger partial charge in [0.05, 0.1) is 6.61 Å². The molecular formula is C10H13BrF6O2. The average molecular weight is 359 g/mol. The van der Waals surface area contributed by atoms with Crippen molar-refractivity contribution >= 4 is 15.9 Å². The van der Waals surface area contributed by atoms with Crippen LogP contribution in [0.15, 0.2) is 0 Å². The molecule has 0 aromatic rings. The van der Waals surface area contributed by atoms with Crippen molar-refractivity contribution in [2.45, 2.75) is 31.3 Å². The Morgan fingerprint density at radius 2 is 1.53 bits per heavy atom. The highest BCUT2D eigenvalue weighted by Gasteiger charge is 2.58. The van der Waals surface area contributed by atoms with E-state index in [9.17, 15) is 26.3 Å². The van der Waals surface area contributed by atoms with E-state index < -0.39 is 30.5 Å². The summed E-state index contributed by atoms with van der Waals surface area (Å²) in [4.78, 5) is 0. The molecule has 0 aromatic carbocycles. The van der Waals surface area contributed by atoms with E-state index >= 15 is 0 Å². The SMILES string of the molecule is FC(F)(F)C(OCC1(CBr)CCOCC1)C(F)(F)F. The Morgan fingerprint density at radius 1 is 1.05 bits per heavy atom. The maximum atomic E-state index is 12.3. The minimum Gasteiger partial charge on any atom is -0.381 e. The van der Waals surface area contributed by atoms with Crippen molar-refractivity contribution in [1.82, 2.24) is 0 Å². The highest BCUT2D eigenvalue weighted by atomic mass is 79.9. The lowest BCUT2D eigenvalue weighted by Crippen LogP contribution is -2.47. The van der Waals surface area contributed by atoms with Crippen molar-refractivity contribution in [3.63, 3.8) is 0 Å². The van der Waals surface area contributed by atoms with Crippen LogP contribution in [0.5, 0.6) is 0 Å². The number of alkyl halides is 7. The number of hydrogen-bond donors (Lipinski definition) is 0. The molecule has 0 aliphatic carbocycles. The Balaban J connectivity index is 2.70. The Morgan fingerprint density at radius 3 is 1.89 bits per heavy atom. The lowest BCUT2D eigenvalue weighted by Gasteiger charge is -2.37. The van der Waals surface area contributed by atoms with Crippen LogP contribution in [0.1, 0.15) is 12.8 Å². The first-order chi connectivity index (χ1) is 8.61. The normalized spacial score (nSPS) is 20.8. The second-order valence-electron chi connectivity index (χ2n) is 4.52. The van der Waals surface area contributed by atoms with Gasteiger partial charge in [0.2, 0.25) is 6.10 Å². The van der Waals surface area contributed by atoms with Crippen LogP contribution >= 0.6 is 15.9 Å². The Hall–Kier alpha value is -0.0200. The second-order valence-corrected chi connectivity index (χ2v) is 5.08. The van der Waals surface area contributed by atoms with E-state index in [2.05, 4.69) is 20.7 Å². The summed E-state index contributed by atoms with van der Waals surface area (Å²) in [6, 6.07) is 0. The van der Waals surface area contributed by atoms with Crippen LogP contribution in [0.3, 0.4) is 0 Å². The first kappa shape index (κ1) is 17.0. The molecule has 2 nitrogen and oxygen atoms in total. The molecule has 9 heteroatoms. The molecule has 1 heterocycles. The van der Waals surface area contributed by atoms with Crippen molar-refractivity contribution in [3.8, 4) is 0 Å². The molecule has 0 unspecified atom stereocenters. The van der Waals surface area contributed by atoms with Gasteiger partial charge < -0.3 is 9.47 Å². The summed E-state index contributed by atoms with van der Waals surface area (Å²) in [5.74, 6) is 0. The minimum absolute atomic E-state index is 0.270. The van der Waals surface area contributed by atoms with Crippen molar-refractivity contribution in [2.75, 3.05) is 25.2 Å². The smallest absolute Gasteiger partial charge is 0.381 e. The van der Waals surface area contributed by atoms with Gasteiger partial charge in [0.1, 0.15) is 0 Å². The van der Waals surface area contributed by atoms with Gasteiger partial charge in [0, 0.05) is 24.0 Å². The number of halogens is 7. The van der Waals surface area contributed by atoms with E-state index in [0.717, 1.165) is 0 Å². The van der Waals surface area contributed by atoms with E-state index in [-0.39, 0.29) is 5.33 Å². The lowest BCUT2D eigenvalue weighted by atomic mass is 9.83. The zero-order valence-corrected chi connectivity index (χ0v) is 11.4. The van der Waals surface area contributed by atoms with Crippen LogP contribution in [0.4, 0.5) is 26.3 Å². The van der Waals surface area contributed by atoms with Gasteiger partial charge in [-0.3, -0.25) is 0 Å². The number of ether oxygens (including phenoxy) is 2. The van der Waals surface area contributed by atoms with Crippen LogP contribution in [-0.4, -0.2) is 43.6 Å². The van der Waals surface area contributed by atoms with Crippen molar-refractivity contribution in [1.29, 1.82) is 0 Å². The molecule has 1 saturated heterocycles. The van der Waals surface area contributed by atoms with Crippen molar-refractivity contribution in [2.24, 2.45) is 5.41 Å². The largest absolute Gasteiger partial charge is 0.423 e. The maximum absolute atomic E-state index is 12.3. The van der Waals surface area contributed by atoms with Crippen molar-refractivity contribution in [3.05, 3.63) is 0 Å². The van der Waals surface area contributed by atoms with Gasteiger partial charge in [-0.25, -0.2) is 0 Å². The fourth-order valence-electron chi connectivity index (χ4n) is 1.76. The molecule has 0 aromatic heterocycles. The highest BCUT2D eigenvalue weighted by Crippen LogP contribution is 2.39. The molecule has 1 fully saturated rings. The maximum Gasteiger partial charge on any atom is 0.423 e. The van der Waals surface area contributed by atoms with Crippen LogP contribution in [0.25, 0.3) is 0 Å². The van der Waals surface area contributed by atoms with Crippen LogP contribution in [-0.2, 0) is 9.47 Å². The lowest BCUT2D eigenvalue weighted by molar-refractivity contribution is -0.326. The fourth-order valence-corrected chi connectivity index (χ4v) is 2.48. The molecule has 0 radical (unpaired) electrons. The molecule has 1 aliphatic heterocycles. The van der Waals surface area contributed by atoms with E-state index in [4.69, 9.17) is 4.74 Å². The molecule has 0 N–H and O–H groups in total. The summed E-state index contributed by atoms with van der Waals surface area (Å²) < 4.78 is 83.1. The monoisotopic (exact) mass is 358 g/mol. The van der Waals surface area contributed by atoms with Gasteiger partial charge in [0.25, 0.3) is 0 Å². The van der Waals surface area contributed by atoms with Gasteiger partial charge in [-0.05, 0) is 12.8 Å². The van der Waals surface area contributed by atoms with E-state index in [1.54, 1.807) is 0 Å². The molecule has 19 heavy (non-hydrogen) atoms. The quantitative estimate of drug-likeness (QED) is 0.563. The summed E-state index contributed by atoms with van der Waals surface area (Å²) in [6.07, 6.45) is -13.9. The zero-order valence-electron chi connectivity index (χ0n) is 9.78. The first-order valence-electron chi connectivity index (χ1n) is 5.49. The average Bonchev–Trinajstić information content (AvgIpc) is 2.27. The molecule has 0 spiro atoms. The standard InChI is InChI=1S/C10H13BrF6O2/c11-5-8(1-3-18-4-2-8)6-19-7(9(12,13)14)10(15,16)17/h7H,1-6H2. The molecule has 1 aliphatic rings. The Labute approximate surface area is 114 Å². The molecule has 114 valence electrons. The number of rotatable bonds is 4. The molecule has 0 saturated carbocycles. The summed E-state index contributed by atoms with van der Waals surface area (Å²) in [6.45, 7) is 0.000616. The summed E-state index contributed by atoms with van der Waals surface area (Å²) >= 11 is 3.12. The topological polar surface area (TPSA) is 18.5 Å². The minimum atomic E-state index is -5.46. The fraction of sp³-hybridized carbons (Fsp3) is 1.00. The first-order valence-corrected chi connectivity index (χ1v) is 6.62. The van der Waals surface area contributed by atoms with E-state index in [1.807, 2.05) is 0 Å². The second kappa shape index (κ2) is 6.17. The van der Waals surface area contributed by atoms with Gasteiger partial charge in [0.15, 0.2) is 0 Å². The Bertz CT molecular complexity index is 271. The molecule has 0 atom stereocenters. The summed E-state index contributed by atoms with van der Waals surface area (Å²) in [5, 5.41) is 0.270. The Kier molecular flexibility index (Phi) is 5.53. The third-order valence-corrected chi connectivity index (χ3v) is 4.18. The number of hydrogen-bond acceptors (Lipinski definition) is 2. The summed E-state index contributed by atoms with van der Waals surface area (Å²) in [7, 11) is 0. The predicted molar refractivity (Wildman–Crippen MR) is 58.1 cm³/mol. The van der Waals surface area contributed by atoms with E-state index in [0.29, 0.717) is 26.1 Å². The molecule has 0 amide bonds. The van der Waals surface area contributed by atoms with E-state index in [1.165, 1.54) is 0 Å². The third-order valence-electron chi connectivity index (χ3n) is 2.99. The summed E-state index contributed by atoms with van der Waals surface area (Å²) in [5.41, 5.74) is -0.743. The van der Waals surface area contributed by atoms with Gasteiger partial charge in [-0.15, -0.1) is 0 Å². The molecular weight excluding hydrogens is 346 g/mol. The van der Waals surface area contributed by atoms with Gasteiger partial charge in [-0.1, -0.05) is 15.9 Å². The van der Waals surface area contributed by atoms with Crippen LogP contribution < -0.4 is 0 Å². The molecule has 0 bridgehead atoms. The van der Waals surface area contributed by atoms with Gasteiger partial charge >= 0.3 is 12.4 Å². The third kappa shape index (κ3) is 4.78. The predicted octanol–water partition coefficient (Wildman–Crippen LogP) is 3.69.